The van der Waals surface area contributed by atoms with Crippen LogP contribution in [-0.2, 0) is 11.3 Å². The first-order valence-corrected chi connectivity index (χ1v) is 7.12. The van der Waals surface area contributed by atoms with E-state index in [-0.39, 0.29) is 23.8 Å². The zero-order valence-corrected chi connectivity index (χ0v) is 12.2. The van der Waals surface area contributed by atoms with Gasteiger partial charge >= 0.3 is 0 Å². The van der Waals surface area contributed by atoms with Gasteiger partial charge in [0, 0.05) is 19.3 Å². The molecule has 1 aliphatic rings. The van der Waals surface area contributed by atoms with Crippen molar-refractivity contribution < 1.29 is 9.53 Å². The van der Waals surface area contributed by atoms with Gasteiger partial charge in [-0.15, -0.1) is 0 Å². The first-order chi connectivity index (χ1) is 9.63. The van der Waals surface area contributed by atoms with Crippen LogP contribution in [0, 0.1) is 0 Å². The number of likely N-dealkylation sites (N-methyl/N-ethyl adjacent to an activating group) is 1. The molecule has 1 fully saturated rings. The van der Waals surface area contributed by atoms with Crippen molar-refractivity contribution in [2.24, 2.45) is 0 Å². The predicted octanol–water partition coefficient (Wildman–Crippen LogP) is 1.65. The minimum Gasteiger partial charge on any atom is -0.491 e. The average Bonchev–Trinajstić information content (AvgIpc) is 2.49. The molecule has 1 aliphatic carbocycles. The van der Waals surface area contributed by atoms with Crippen molar-refractivity contribution in [1.29, 1.82) is 0 Å². The fourth-order valence-electron chi connectivity index (χ4n) is 2.72. The van der Waals surface area contributed by atoms with Gasteiger partial charge in [-0.25, -0.2) is 0 Å². The van der Waals surface area contributed by atoms with E-state index in [0.717, 1.165) is 12.8 Å². The Morgan fingerprint density at radius 3 is 2.75 bits per heavy atom. The lowest BCUT2D eigenvalue weighted by Gasteiger charge is -2.31. The van der Waals surface area contributed by atoms with Crippen LogP contribution in [-0.4, -0.2) is 35.6 Å². The molecule has 0 saturated heterocycles. The highest BCUT2D eigenvalue weighted by atomic mass is 16.5. The van der Waals surface area contributed by atoms with Crippen molar-refractivity contribution in [1.82, 2.24) is 9.47 Å². The van der Waals surface area contributed by atoms with Gasteiger partial charge in [-0.1, -0.05) is 19.3 Å². The van der Waals surface area contributed by atoms with E-state index in [1.54, 1.807) is 23.2 Å². The molecule has 0 spiro atoms. The Bertz CT molecular complexity index is 518. The van der Waals surface area contributed by atoms with Crippen LogP contribution in [0.1, 0.15) is 32.1 Å². The largest absolute Gasteiger partial charge is 0.491 e. The summed E-state index contributed by atoms with van der Waals surface area (Å²) in [5.74, 6) is 0.243. The lowest BCUT2D eigenvalue weighted by molar-refractivity contribution is -0.133. The highest BCUT2D eigenvalue weighted by Crippen LogP contribution is 2.21. The van der Waals surface area contributed by atoms with Crippen LogP contribution in [0.4, 0.5) is 0 Å². The van der Waals surface area contributed by atoms with Gasteiger partial charge in [-0.2, -0.15) is 0 Å². The average molecular weight is 278 g/mol. The molecule has 1 aromatic heterocycles. The van der Waals surface area contributed by atoms with Gasteiger partial charge in [0.25, 0.3) is 5.56 Å². The molecule has 1 saturated carbocycles. The van der Waals surface area contributed by atoms with E-state index in [4.69, 9.17) is 4.74 Å². The number of methoxy groups -OCH3 is 1. The lowest BCUT2D eigenvalue weighted by Crippen LogP contribution is -2.41. The number of hydrogen-bond donors (Lipinski definition) is 0. The third-order valence-electron chi connectivity index (χ3n) is 4.03. The Kier molecular flexibility index (Phi) is 4.82. The van der Waals surface area contributed by atoms with E-state index in [2.05, 4.69) is 0 Å². The van der Waals surface area contributed by atoms with Gasteiger partial charge in [0.15, 0.2) is 5.75 Å². The number of aromatic nitrogens is 1. The van der Waals surface area contributed by atoms with Gasteiger partial charge < -0.3 is 14.2 Å². The predicted molar refractivity (Wildman–Crippen MR) is 76.9 cm³/mol. The normalized spacial score (nSPS) is 15.9. The SMILES string of the molecule is COc1cccn(CC(=O)N(C)C2CCCCC2)c1=O. The second-order valence-electron chi connectivity index (χ2n) is 5.31. The maximum atomic E-state index is 12.3. The molecule has 1 amide bonds. The van der Waals surface area contributed by atoms with Gasteiger partial charge in [0.05, 0.1) is 7.11 Å². The van der Waals surface area contributed by atoms with Gasteiger partial charge in [-0.3, -0.25) is 9.59 Å². The minimum atomic E-state index is -0.264. The summed E-state index contributed by atoms with van der Waals surface area (Å²) < 4.78 is 6.39. The molecule has 2 rings (SSSR count). The van der Waals surface area contributed by atoms with E-state index in [1.807, 2.05) is 7.05 Å². The molecular weight excluding hydrogens is 256 g/mol. The van der Waals surface area contributed by atoms with Gasteiger partial charge in [0.1, 0.15) is 6.54 Å². The third-order valence-corrected chi connectivity index (χ3v) is 4.03. The number of rotatable bonds is 4. The van der Waals surface area contributed by atoms with Crippen LogP contribution in [0.25, 0.3) is 0 Å². The number of nitrogens with zero attached hydrogens (tertiary/aromatic N) is 2. The Hall–Kier alpha value is -1.78. The van der Waals surface area contributed by atoms with Crippen LogP contribution >= 0.6 is 0 Å². The number of carbonyl (C=O) groups is 1. The summed E-state index contributed by atoms with van der Waals surface area (Å²) in [6.45, 7) is 0.0725. The van der Waals surface area contributed by atoms with Crippen molar-refractivity contribution in [3.63, 3.8) is 0 Å². The summed E-state index contributed by atoms with van der Waals surface area (Å²) in [6.07, 6.45) is 7.37. The van der Waals surface area contributed by atoms with Crippen molar-refractivity contribution in [3.8, 4) is 5.75 Å². The molecule has 0 bridgehead atoms. The van der Waals surface area contributed by atoms with Crippen molar-refractivity contribution >= 4 is 5.91 Å². The highest BCUT2D eigenvalue weighted by Gasteiger charge is 2.22. The molecule has 5 heteroatoms. The highest BCUT2D eigenvalue weighted by molar-refractivity contribution is 5.76. The summed E-state index contributed by atoms with van der Waals surface area (Å²) in [6, 6.07) is 3.64. The lowest BCUT2D eigenvalue weighted by atomic mass is 9.94. The molecule has 110 valence electrons. The number of pyridine rings is 1. The topological polar surface area (TPSA) is 51.5 Å². The first-order valence-electron chi connectivity index (χ1n) is 7.12. The molecule has 0 aliphatic heterocycles. The van der Waals surface area contributed by atoms with E-state index in [1.165, 1.54) is 30.9 Å². The van der Waals surface area contributed by atoms with Crippen molar-refractivity contribution in [3.05, 3.63) is 28.7 Å². The minimum absolute atomic E-state index is 0.0211. The molecule has 0 atom stereocenters. The molecule has 0 aromatic carbocycles. The van der Waals surface area contributed by atoms with Crippen LogP contribution in [0.3, 0.4) is 0 Å². The third kappa shape index (κ3) is 3.21. The molecule has 20 heavy (non-hydrogen) atoms. The smallest absolute Gasteiger partial charge is 0.293 e. The standard InChI is InChI=1S/C15H22N2O3/c1-16(12-7-4-3-5-8-12)14(18)11-17-10-6-9-13(20-2)15(17)19/h6,9-10,12H,3-5,7-8,11H2,1-2H3. The Morgan fingerprint density at radius 1 is 1.40 bits per heavy atom. The summed E-state index contributed by atoms with van der Waals surface area (Å²) in [4.78, 5) is 26.1. The number of hydrogen-bond acceptors (Lipinski definition) is 3. The second kappa shape index (κ2) is 6.59. The van der Waals surface area contributed by atoms with Crippen LogP contribution < -0.4 is 10.3 Å². The van der Waals surface area contributed by atoms with E-state index < -0.39 is 0 Å². The summed E-state index contributed by atoms with van der Waals surface area (Å²) in [5.41, 5.74) is -0.264. The van der Waals surface area contributed by atoms with E-state index in [9.17, 15) is 9.59 Å². The fourth-order valence-corrected chi connectivity index (χ4v) is 2.72. The van der Waals surface area contributed by atoms with E-state index in [0.29, 0.717) is 6.04 Å². The molecule has 0 N–H and O–H groups in total. The first kappa shape index (κ1) is 14.6. The monoisotopic (exact) mass is 278 g/mol. The van der Waals surface area contributed by atoms with Crippen LogP contribution in [0.5, 0.6) is 5.75 Å². The maximum absolute atomic E-state index is 12.3. The molecule has 1 heterocycles. The Balaban J connectivity index is 2.05. The number of ether oxygens (including phenoxy) is 1. The number of carbonyl (C=O) groups excluding carboxylic acids is 1. The number of amides is 1. The molecule has 5 nitrogen and oxygen atoms in total. The van der Waals surface area contributed by atoms with Crippen LogP contribution in [0.2, 0.25) is 0 Å². The molecule has 1 aromatic rings. The van der Waals surface area contributed by atoms with E-state index >= 15 is 0 Å². The van der Waals surface area contributed by atoms with Crippen LogP contribution in [0.15, 0.2) is 23.1 Å². The summed E-state index contributed by atoms with van der Waals surface area (Å²) in [7, 11) is 3.29. The zero-order chi connectivity index (χ0) is 14.5. The van der Waals surface area contributed by atoms with Gasteiger partial charge in [0.2, 0.25) is 5.91 Å². The molecule has 0 radical (unpaired) electrons. The fraction of sp³-hybridized carbons (Fsp3) is 0.600. The maximum Gasteiger partial charge on any atom is 0.293 e. The van der Waals surface area contributed by atoms with Crippen molar-refractivity contribution in [2.45, 2.75) is 44.7 Å². The quantitative estimate of drug-likeness (QED) is 0.841. The summed E-state index contributed by atoms with van der Waals surface area (Å²) in [5, 5.41) is 0. The Morgan fingerprint density at radius 2 is 2.10 bits per heavy atom. The van der Waals surface area contributed by atoms with Gasteiger partial charge in [-0.05, 0) is 25.0 Å². The van der Waals surface area contributed by atoms with Crippen molar-refractivity contribution in [2.75, 3.05) is 14.2 Å². The second-order valence-corrected chi connectivity index (χ2v) is 5.31. The zero-order valence-electron chi connectivity index (χ0n) is 12.2. The summed E-state index contributed by atoms with van der Waals surface area (Å²) >= 11 is 0. The molecule has 0 unspecified atom stereocenters. The molecular formula is C15H22N2O3. The Labute approximate surface area is 119 Å².